The number of carbonyl (C=O) groups is 2. The van der Waals surface area contributed by atoms with Crippen LogP contribution in [0.2, 0.25) is 0 Å². The average Bonchev–Trinajstić information content (AvgIpc) is 3.63. The van der Waals surface area contributed by atoms with Gasteiger partial charge in [0.1, 0.15) is 10.1 Å². The number of amides is 3. The second-order valence-corrected chi connectivity index (χ2v) is 10.2. The van der Waals surface area contributed by atoms with Gasteiger partial charge in [-0.15, -0.1) is 0 Å². The van der Waals surface area contributed by atoms with Crippen LogP contribution in [0.4, 0.5) is 15.1 Å². The molecule has 1 saturated carbocycles. The predicted molar refractivity (Wildman–Crippen MR) is 142 cm³/mol. The van der Waals surface area contributed by atoms with Crippen LogP contribution in [0.1, 0.15) is 19.3 Å². The lowest BCUT2D eigenvalue weighted by atomic mass is 10.1. The number of carbonyl (C=O) groups excluding carboxylic acids is 2. The molecule has 3 amide bonds. The van der Waals surface area contributed by atoms with Gasteiger partial charge in [0.2, 0.25) is 11.9 Å². The van der Waals surface area contributed by atoms with E-state index in [2.05, 4.69) is 51.9 Å². The maximum Gasteiger partial charge on any atom is 0.317 e. The zero-order chi connectivity index (χ0) is 26.2. The fraction of sp³-hybridized carbons (Fsp3) is 0.360. The summed E-state index contributed by atoms with van der Waals surface area (Å²) in [5.74, 6) is -0.137. The number of hydrogen-bond acceptors (Lipinski definition) is 7. The van der Waals surface area contributed by atoms with E-state index in [-0.39, 0.29) is 23.9 Å². The van der Waals surface area contributed by atoms with Crippen LogP contribution in [-0.2, 0) is 4.79 Å². The van der Waals surface area contributed by atoms with Crippen molar-refractivity contribution in [2.75, 3.05) is 31.5 Å². The predicted octanol–water partition coefficient (Wildman–Crippen LogP) is 2.99. The molecule has 4 heterocycles. The molecule has 0 unspecified atom stereocenters. The van der Waals surface area contributed by atoms with Crippen LogP contribution in [0.25, 0.3) is 27.6 Å². The molecule has 0 radical (unpaired) electrons. The number of nitrogens with zero attached hydrogens (tertiary/aromatic N) is 6. The van der Waals surface area contributed by atoms with Gasteiger partial charge in [-0.25, -0.2) is 18.9 Å². The first kappa shape index (κ1) is 24.5. The minimum Gasteiger partial charge on any atom is -0.354 e. The van der Waals surface area contributed by atoms with Gasteiger partial charge in [-0.05, 0) is 47.3 Å². The SMILES string of the molecule is O=C(NCCN1CCNC1=O)[C@@H]1CC[C@@H](Nc2ncc3c(Br)nn(-c4cc(F)c5ncccc5c4)c3n2)C1. The molecule has 2 fully saturated rings. The van der Waals surface area contributed by atoms with Crippen molar-refractivity contribution in [1.82, 2.24) is 40.3 Å². The summed E-state index contributed by atoms with van der Waals surface area (Å²) >= 11 is 3.46. The fourth-order valence-corrected chi connectivity index (χ4v) is 5.53. The lowest BCUT2D eigenvalue weighted by Crippen LogP contribution is -2.38. The van der Waals surface area contributed by atoms with Crippen molar-refractivity contribution in [3.05, 3.63) is 47.1 Å². The van der Waals surface area contributed by atoms with Crippen molar-refractivity contribution < 1.29 is 14.0 Å². The first-order chi connectivity index (χ1) is 18.5. The molecule has 3 aromatic heterocycles. The molecule has 2 atom stereocenters. The van der Waals surface area contributed by atoms with Crippen molar-refractivity contribution in [2.24, 2.45) is 5.92 Å². The lowest BCUT2D eigenvalue weighted by molar-refractivity contribution is -0.124. The van der Waals surface area contributed by atoms with E-state index in [1.54, 1.807) is 34.1 Å². The summed E-state index contributed by atoms with van der Waals surface area (Å²) in [4.78, 5) is 39.2. The highest BCUT2D eigenvalue weighted by Crippen LogP contribution is 2.30. The van der Waals surface area contributed by atoms with Crippen LogP contribution in [0.5, 0.6) is 0 Å². The van der Waals surface area contributed by atoms with E-state index in [9.17, 15) is 14.0 Å². The lowest BCUT2D eigenvalue weighted by Gasteiger charge is -2.16. The van der Waals surface area contributed by atoms with Crippen molar-refractivity contribution >= 4 is 55.8 Å². The third-order valence-corrected chi connectivity index (χ3v) is 7.62. The molecule has 2 aliphatic rings. The molecular formula is C25H25BrFN9O2. The van der Waals surface area contributed by atoms with E-state index >= 15 is 0 Å². The zero-order valence-corrected chi connectivity index (χ0v) is 21.9. The monoisotopic (exact) mass is 581 g/mol. The minimum absolute atomic E-state index is 0.0000955. The fourth-order valence-electron chi connectivity index (χ4n) is 5.09. The molecule has 196 valence electrons. The molecule has 3 N–H and O–H groups in total. The van der Waals surface area contributed by atoms with Crippen molar-refractivity contribution in [2.45, 2.75) is 25.3 Å². The molecule has 4 aromatic rings. The Hall–Kier alpha value is -3.87. The van der Waals surface area contributed by atoms with E-state index in [0.29, 0.717) is 70.8 Å². The molecular weight excluding hydrogens is 557 g/mol. The average molecular weight is 582 g/mol. The van der Waals surface area contributed by atoms with Crippen molar-refractivity contribution in [3.8, 4) is 5.69 Å². The summed E-state index contributed by atoms with van der Waals surface area (Å²) < 4.78 is 16.9. The first-order valence-corrected chi connectivity index (χ1v) is 13.3. The van der Waals surface area contributed by atoms with Gasteiger partial charge in [-0.2, -0.15) is 10.1 Å². The van der Waals surface area contributed by atoms with Gasteiger partial charge in [-0.1, -0.05) is 6.07 Å². The van der Waals surface area contributed by atoms with E-state index in [4.69, 9.17) is 0 Å². The van der Waals surface area contributed by atoms with Crippen LogP contribution in [0.15, 0.2) is 41.3 Å². The van der Waals surface area contributed by atoms with E-state index in [0.717, 1.165) is 12.8 Å². The van der Waals surface area contributed by atoms with Gasteiger partial charge in [0.15, 0.2) is 11.5 Å². The van der Waals surface area contributed by atoms with E-state index in [1.165, 1.54) is 6.07 Å². The van der Waals surface area contributed by atoms with Gasteiger partial charge in [-0.3, -0.25) is 9.78 Å². The summed E-state index contributed by atoms with van der Waals surface area (Å²) in [5.41, 5.74) is 1.34. The minimum atomic E-state index is -0.441. The Labute approximate surface area is 225 Å². The third kappa shape index (κ3) is 4.73. The number of aromatic nitrogens is 5. The molecule has 13 heteroatoms. The Kier molecular flexibility index (Phi) is 6.52. The number of halogens is 2. The highest BCUT2D eigenvalue weighted by molar-refractivity contribution is 9.10. The Bertz CT molecular complexity index is 1540. The van der Waals surface area contributed by atoms with Crippen molar-refractivity contribution in [1.29, 1.82) is 0 Å². The van der Waals surface area contributed by atoms with Crippen LogP contribution >= 0.6 is 15.9 Å². The van der Waals surface area contributed by atoms with Gasteiger partial charge in [0.25, 0.3) is 0 Å². The zero-order valence-electron chi connectivity index (χ0n) is 20.3. The van der Waals surface area contributed by atoms with Gasteiger partial charge < -0.3 is 20.9 Å². The summed E-state index contributed by atoms with van der Waals surface area (Å²) in [6.45, 7) is 2.24. The quantitative estimate of drug-likeness (QED) is 0.306. The van der Waals surface area contributed by atoms with Crippen LogP contribution in [-0.4, -0.2) is 73.8 Å². The second-order valence-electron chi connectivity index (χ2n) is 9.50. The molecule has 1 aliphatic heterocycles. The Morgan fingerprint density at radius 1 is 1.26 bits per heavy atom. The third-order valence-electron chi connectivity index (χ3n) is 7.03. The topological polar surface area (TPSA) is 130 Å². The van der Waals surface area contributed by atoms with Gasteiger partial charge in [0.05, 0.1) is 11.1 Å². The molecule has 0 spiro atoms. The standard InChI is InChI=1S/C25H25BrFN9O2/c26-21-18-13-31-24(32-16-4-3-15(10-16)23(37)29-6-8-35-9-7-30-25(35)38)33-22(18)36(34-21)17-11-14-2-1-5-28-20(14)19(27)12-17/h1-2,5,11-13,15-16H,3-4,6-10H2,(H,29,37)(H,30,38)(H,31,32,33)/t15-,16-/m1/s1. The molecule has 6 rings (SSSR count). The number of nitrogens with one attached hydrogen (secondary N) is 3. The summed E-state index contributed by atoms with van der Waals surface area (Å²) in [6, 6.07) is 6.71. The van der Waals surface area contributed by atoms with Crippen LogP contribution in [0.3, 0.4) is 0 Å². The molecule has 0 bridgehead atoms. The molecule has 1 aliphatic carbocycles. The number of pyridine rings is 1. The maximum atomic E-state index is 14.8. The van der Waals surface area contributed by atoms with Gasteiger partial charge >= 0.3 is 6.03 Å². The second kappa shape index (κ2) is 10.1. The Morgan fingerprint density at radius 3 is 3.00 bits per heavy atom. The van der Waals surface area contributed by atoms with E-state index in [1.807, 2.05) is 6.07 Å². The normalized spacial score (nSPS) is 19.3. The number of fused-ring (bicyclic) bond motifs is 2. The smallest absolute Gasteiger partial charge is 0.317 e. The number of rotatable bonds is 7. The van der Waals surface area contributed by atoms with Crippen LogP contribution in [0, 0.1) is 11.7 Å². The molecule has 1 saturated heterocycles. The molecule has 38 heavy (non-hydrogen) atoms. The largest absolute Gasteiger partial charge is 0.354 e. The number of anilines is 1. The maximum absolute atomic E-state index is 14.8. The number of hydrogen-bond donors (Lipinski definition) is 3. The van der Waals surface area contributed by atoms with Crippen LogP contribution < -0.4 is 16.0 Å². The Balaban J connectivity index is 1.14. The molecule has 11 nitrogen and oxygen atoms in total. The highest BCUT2D eigenvalue weighted by atomic mass is 79.9. The van der Waals surface area contributed by atoms with Crippen molar-refractivity contribution in [3.63, 3.8) is 0 Å². The number of benzene rings is 1. The summed E-state index contributed by atoms with van der Waals surface area (Å²) in [7, 11) is 0. The Morgan fingerprint density at radius 2 is 2.16 bits per heavy atom. The highest BCUT2D eigenvalue weighted by Gasteiger charge is 2.30. The summed E-state index contributed by atoms with van der Waals surface area (Å²) in [6.07, 6.45) is 5.44. The summed E-state index contributed by atoms with van der Waals surface area (Å²) in [5, 5.41) is 14.9. The molecule has 1 aromatic carbocycles. The van der Waals surface area contributed by atoms with Gasteiger partial charge in [0, 0.05) is 62.0 Å². The number of urea groups is 1. The first-order valence-electron chi connectivity index (χ1n) is 12.5. The van der Waals surface area contributed by atoms with E-state index < -0.39 is 5.82 Å².